The van der Waals surface area contributed by atoms with Gasteiger partial charge in [0.05, 0.1) is 11.7 Å². The molecule has 0 amide bonds. The molecule has 0 bridgehead atoms. The van der Waals surface area contributed by atoms with Crippen LogP contribution in [0.3, 0.4) is 0 Å². The highest BCUT2D eigenvalue weighted by Crippen LogP contribution is 2.26. The molecule has 25 heavy (non-hydrogen) atoms. The van der Waals surface area contributed by atoms with Crippen molar-refractivity contribution in [2.75, 3.05) is 6.54 Å². The van der Waals surface area contributed by atoms with E-state index in [4.69, 9.17) is 16.0 Å². The van der Waals surface area contributed by atoms with Crippen LogP contribution in [0.4, 0.5) is 0 Å². The maximum atomic E-state index is 12.3. The minimum Gasteiger partial charge on any atom is -0.508 e. The van der Waals surface area contributed by atoms with Crippen molar-refractivity contribution in [1.29, 1.82) is 0 Å². The number of hydrogen-bond acceptors (Lipinski definition) is 5. The Kier molecular flexibility index (Phi) is 3.93. The number of halogens is 1. The lowest BCUT2D eigenvalue weighted by Crippen LogP contribution is -2.20. The molecule has 0 radical (unpaired) electrons. The summed E-state index contributed by atoms with van der Waals surface area (Å²) in [5.74, 6) is 0.560. The molecule has 0 saturated heterocycles. The SMILES string of the molecule is O=c1cc(C2CN(Cc3ccc(Cl)cc3)C=N2)oc2cc(O)ccc12. The highest BCUT2D eigenvalue weighted by atomic mass is 35.5. The van der Waals surface area contributed by atoms with Gasteiger partial charge in [-0.05, 0) is 29.8 Å². The molecule has 4 rings (SSSR count). The first kappa shape index (κ1) is 15.7. The van der Waals surface area contributed by atoms with Crippen molar-refractivity contribution in [2.45, 2.75) is 12.6 Å². The third-order valence-electron chi connectivity index (χ3n) is 4.18. The van der Waals surface area contributed by atoms with Gasteiger partial charge >= 0.3 is 0 Å². The fourth-order valence-electron chi connectivity index (χ4n) is 2.91. The molecule has 6 heteroatoms. The number of aromatic hydroxyl groups is 1. The van der Waals surface area contributed by atoms with Gasteiger partial charge in [-0.1, -0.05) is 23.7 Å². The number of aliphatic imine (C=N–C) groups is 1. The Hall–Kier alpha value is -2.79. The number of phenolic OH excluding ortho intramolecular Hbond substituents is 1. The van der Waals surface area contributed by atoms with E-state index in [-0.39, 0.29) is 17.2 Å². The molecule has 1 aromatic heterocycles. The number of benzene rings is 2. The van der Waals surface area contributed by atoms with Crippen LogP contribution in [0.5, 0.6) is 5.75 Å². The quantitative estimate of drug-likeness (QED) is 0.778. The zero-order valence-corrected chi connectivity index (χ0v) is 14.0. The molecular weight excluding hydrogens is 340 g/mol. The predicted octanol–water partition coefficient (Wildman–Crippen LogP) is 3.74. The van der Waals surface area contributed by atoms with Crippen LogP contribution in [-0.2, 0) is 6.54 Å². The fourth-order valence-corrected chi connectivity index (χ4v) is 3.04. The number of phenols is 1. The van der Waals surface area contributed by atoms with Gasteiger partial charge in [-0.25, -0.2) is 0 Å². The Labute approximate surface area is 148 Å². The van der Waals surface area contributed by atoms with Gasteiger partial charge in [0.15, 0.2) is 5.43 Å². The molecule has 1 unspecified atom stereocenters. The minimum absolute atomic E-state index is 0.0621. The summed E-state index contributed by atoms with van der Waals surface area (Å²) in [4.78, 5) is 18.8. The zero-order chi connectivity index (χ0) is 17.4. The summed E-state index contributed by atoms with van der Waals surface area (Å²) in [6.45, 7) is 1.33. The van der Waals surface area contributed by atoms with E-state index in [1.165, 1.54) is 18.2 Å². The summed E-state index contributed by atoms with van der Waals surface area (Å²) in [6.07, 6.45) is 1.77. The summed E-state index contributed by atoms with van der Waals surface area (Å²) in [7, 11) is 0. The standard InChI is InChI=1S/C19H15ClN2O3/c20-13-3-1-12(2-4-13)9-22-10-16(21-11-22)19-8-17(24)15-6-5-14(23)7-18(15)25-19/h1-8,11,16,23H,9-10H2. The van der Waals surface area contributed by atoms with Crippen LogP contribution < -0.4 is 5.43 Å². The van der Waals surface area contributed by atoms with Gasteiger partial charge in [-0.3, -0.25) is 9.79 Å². The van der Waals surface area contributed by atoms with Gasteiger partial charge in [0.25, 0.3) is 0 Å². The van der Waals surface area contributed by atoms with E-state index in [0.29, 0.717) is 34.8 Å². The second kappa shape index (κ2) is 6.26. The normalized spacial score (nSPS) is 16.7. The lowest BCUT2D eigenvalue weighted by Gasteiger charge is -2.16. The fraction of sp³-hybridized carbons (Fsp3) is 0.158. The average Bonchev–Trinajstić information content (AvgIpc) is 3.05. The van der Waals surface area contributed by atoms with E-state index in [2.05, 4.69) is 9.89 Å². The second-order valence-electron chi connectivity index (χ2n) is 6.03. The molecule has 2 aromatic carbocycles. The van der Waals surface area contributed by atoms with Gasteiger partial charge in [0.1, 0.15) is 23.1 Å². The summed E-state index contributed by atoms with van der Waals surface area (Å²) >= 11 is 5.91. The van der Waals surface area contributed by atoms with E-state index < -0.39 is 0 Å². The van der Waals surface area contributed by atoms with Gasteiger partial charge in [0.2, 0.25) is 0 Å². The highest BCUT2D eigenvalue weighted by molar-refractivity contribution is 6.30. The van der Waals surface area contributed by atoms with Crippen molar-refractivity contribution >= 4 is 28.9 Å². The molecule has 1 aliphatic heterocycles. The van der Waals surface area contributed by atoms with E-state index in [9.17, 15) is 9.90 Å². The van der Waals surface area contributed by atoms with Gasteiger partial charge in [-0.2, -0.15) is 0 Å². The van der Waals surface area contributed by atoms with Crippen LogP contribution in [0.25, 0.3) is 11.0 Å². The van der Waals surface area contributed by atoms with Crippen molar-refractivity contribution in [2.24, 2.45) is 4.99 Å². The van der Waals surface area contributed by atoms with Crippen molar-refractivity contribution in [3.8, 4) is 5.75 Å². The highest BCUT2D eigenvalue weighted by Gasteiger charge is 2.22. The lowest BCUT2D eigenvalue weighted by atomic mass is 10.1. The van der Waals surface area contributed by atoms with Crippen LogP contribution in [0, 0.1) is 0 Å². The number of rotatable bonds is 3. The molecule has 1 aliphatic rings. The van der Waals surface area contributed by atoms with Crippen LogP contribution >= 0.6 is 11.6 Å². The maximum Gasteiger partial charge on any atom is 0.193 e. The Morgan fingerprint density at radius 2 is 2.00 bits per heavy atom. The first-order valence-electron chi connectivity index (χ1n) is 7.87. The first-order chi connectivity index (χ1) is 12.1. The molecule has 0 saturated carbocycles. The van der Waals surface area contributed by atoms with E-state index in [0.717, 1.165) is 5.56 Å². The number of fused-ring (bicyclic) bond motifs is 1. The van der Waals surface area contributed by atoms with Gasteiger partial charge in [-0.15, -0.1) is 0 Å². The Morgan fingerprint density at radius 1 is 1.20 bits per heavy atom. The largest absolute Gasteiger partial charge is 0.508 e. The summed E-state index contributed by atoms with van der Waals surface area (Å²) < 4.78 is 5.80. The van der Waals surface area contributed by atoms with E-state index in [1.807, 2.05) is 24.3 Å². The number of nitrogens with zero attached hydrogens (tertiary/aromatic N) is 2. The lowest BCUT2D eigenvalue weighted by molar-refractivity contribution is 0.396. The Balaban J connectivity index is 1.55. The molecule has 0 fully saturated rings. The number of hydrogen-bond donors (Lipinski definition) is 1. The van der Waals surface area contributed by atoms with Crippen LogP contribution in [0.15, 0.2) is 62.7 Å². The first-order valence-corrected chi connectivity index (χ1v) is 8.25. The molecule has 1 N–H and O–H groups in total. The average molecular weight is 355 g/mol. The molecule has 3 aromatic rings. The van der Waals surface area contributed by atoms with Crippen molar-refractivity contribution in [3.63, 3.8) is 0 Å². The summed E-state index contributed by atoms with van der Waals surface area (Å²) in [5, 5.41) is 10.7. The van der Waals surface area contributed by atoms with Crippen LogP contribution in [-0.4, -0.2) is 22.9 Å². The maximum absolute atomic E-state index is 12.3. The van der Waals surface area contributed by atoms with Crippen molar-refractivity contribution in [1.82, 2.24) is 4.90 Å². The van der Waals surface area contributed by atoms with Gasteiger partial charge < -0.3 is 14.4 Å². The molecule has 0 spiro atoms. The minimum atomic E-state index is -0.244. The summed E-state index contributed by atoms with van der Waals surface area (Å²) in [5.41, 5.74) is 1.36. The second-order valence-corrected chi connectivity index (χ2v) is 6.47. The van der Waals surface area contributed by atoms with Gasteiger partial charge in [0, 0.05) is 30.2 Å². The third-order valence-corrected chi connectivity index (χ3v) is 4.43. The summed E-state index contributed by atoms with van der Waals surface area (Å²) in [6, 6.07) is 13.4. The molecule has 1 atom stereocenters. The zero-order valence-electron chi connectivity index (χ0n) is 13.2. The van der Waals surface area contributed by atoms with Crippen LogP contribution in [0.2, 0.25) is 5.02 Å². The molecule has 126 valence electrons. The van der Waals surface area contributed by atoms with Crippen molar-refractivity contribution < 1.29 is 9.52 Å². The Morgan fingerprint density at radius 3 is 2.80 bits per heavy atom. The predicted molar refractivity (Wildman–Crippen MR) is 97.2 cm³/mol. The smallest absolute Gasteiger partial charge is 0.193 e. The monoisotopic (exact) mass is 354 g/mol. The molecule has 0 aliphatic carbocycles. The third kappa shape index (κ3) is 3.23. The Bertz CT molecular complexity index is 1010. The van der Waals surface area contributed by atoms with E-state index >= 15 is 0 Å². The van der Waals surface area contributed by atoms with E-state index in [1.54, 1.807) is 12.4 Å². The van der Waals surface area contributed by atoms with Crippen molar-refractivity contribution in [3.05, 3.63) is 75.1 Å². The molecule has 5 nitrogen and oxygen atoms in total. The molecular formula is C19H15ClN2O3. The van der Waals surface area contributed by atoms with Crippen LogP contribution in [0.1, 0.15) is 17.4 Å². The molecule has 2 heterocycles. The topological polar surface area (TPSA) is 66.0 Å².